The number of carbonyl (C=O) groups is 1. The fourth-order valence-corrected chi connectivity index (χ4v) is 4.70. The lowest BCUT2D eigenvalue weighted by molar-refractivity contribution is -0.133. The lowest BCUT2D eigenvalue weighted by atomic mass is 10.3. The molecule has 25 heavy (non-hydrogen) atoms. The summed E-state index contributed by atoms with van der Waals surface area (Å²) in [7, 11) is -1.70. The Hall–Kier alpha value is -1.45. The molecule has 0 N–H and O–H groups in total. The predicted molar refractivity (Wildman–Crippen MR) is 93.7 cm³/mol. The summed E-state index contributed by atoms with van der Waals surface area (Å²) < 4.78 is 31.9. The summed E-state index contributed by atoms with van der Waals surface area (Å²) in [6, 6.07) is 0. The molecule has 1 aromatic rings. The molecule has 1 fully saturated rings. The van der Waals surface area contributed by atoms with Crippen LogP contribution in [0.1, 0.15) is 31.2 Å². The van der Waals surface area contributed by atoms with Crippen molar-refractivity contribution < 1.29 is 17.7 Å². The average Bonchev–Trinajstić information content (AvgIpc) is 2.92. The smallest absolute Gasteiger partial charge is 0.248 e. The molecule has 142 valence electrons. The van der Waals surface area contributed by atoms with E-state index in [0.717, 1.165) is 19.4 Å². The van der Waals surface area contributed by atoms with E-state index < -0.39 is 10.0 Å². The van der Waals surface area contributed by atoms with E-state index in [-0.39, 0.29) is 23.9 Å². The Balaban J connectivity index is 1.94. The molecule has 0 radical (unpaired) electrons. The molecule has 1 aliphatic rings. The second kappa shape index (κ2) is 8.29. The number of aromatic nitrogens is 1. The first-order chi connectivity index (χ1) is 11.8. The maximum atomic E-state index is 12.8. The zero-order chi connectivity index (χ0) is 18.6. The number of carbonyl (C=O) groups excluding carboxylic acids is 1. The van der Waals surface area contributed by atoms with Crippen molar-refractivity contribution in [3.05, 3.63) is 11.5 Å². The van der Waals surface area contributed by atoms with Crippen molar-refractivity contribution >= 4 is 15.9 Å². The quantitative estimate of drug-likeness (QED) is 0.705. The molecule has 0 unspecified atom stereocenters. The van der Waals surface area contributed by atoms with Crippen LogP contribution in [-0.2, 0) is 14.8 Å². The van der Waals surface area contributed by atoms with Crippen LogP contribution in [0.4, 0.5) is 0 Å². The average molecular weight is 372 g/mol. The highest BCUT2D eigenvalue weighted by atomic mass is 32.2. The molecule has 8 nitrogen and oxygen atoms in total. The zero-order valence-corrected chi connectivity index (χ0v) is 16.3. The molecule has 1 saturated heterocycles. The Bertz CT molecular complexity index is 673. The fourth-order valence-electron chi connectivity index (χ4n) is 2.99. The van der Waals surface area contributed by atoms with Gasteiger partial charge in [0.25, 0.3) is 0 Å². The molecular weight excluding hydrogens is 344 g/mol. The van der Waals surface area contributed by atoms with Crippen molar-refractivity contribution in [2.45, 2.75) is 38.5 Å². The molecule has 0 aromatic carbocycles. The van der Waals surface area contributed by atoms with Gasteiger partial charge < -0.3 is 9.42 Å². The largest absolute Gasteiger partial charge is 0.360 e. The van der Waals surface area contributed by atoms with E-state index in [1.54, 1.807) is 18.7 Å². The van der Waals surface area contributed by atoms with Crippen molar-refractivity contribution in [3.8, 4) is 0 Å². The van der Waals surface area contributed by atoms with Crippen molar-refractivity contribution in [3.63, 3.8) is 0 Å². The fraction of sp³-hybridized carbons (Fsp3) is 0.750. The van der Waals surface area contributed by atoms with Crippen LogP contribution in [0.2, 0.25) is 0 Å². The summed E-state index contributed by atoms with van der Waals surface area (Å²) in [4.78, 5) is 16.3. The summed E-state index contributed by atoms with van der Waals surface area (Å²) in [6.45, 7) is 7.99. The third kappa shape index (κ3) is 4.59. The summed E-state index contributed by atoms with van der Waals surface area (Å²) in [5.41, 5.74) is 0.369. The van der Waals surface area contributed by atoms with Gasteiger partial charge in [0.05, 0.1) is 6.54 Å². The number of likely N-dealkylation sites (N-methyl/N-ethyl adjacent to an activating group) is 1. The molecule has 1 aliphatic heterocycles. The van der Waals surface area contributed by atoms with Gasteiger partial charge >= 0.3 is 0 Å². The number of hydrogen-bond acceptors (Lipinski definition) is 6. The molecule has 0 spiro atoms. The van der Waals surface area contributed by atoms with Crippen molar-refractivity contribution in [2.75, 3.05) is 46.3 Å². The van der Waals surface area contributed by atoms with E-state index in [2.05, 4.69) is 12.1 Å². The summed E-state index contributed by atoms with van der Waals surface area (Å²) in [5.74, 6) is 0.349. The molecule has 2 heterocycles. The maximum Gasteiger partial charge on any atom is 0.248 e. The van der Waals surface area contributed by atoms with Crippen LogP contribution in [0.3, 0.4) is 0 Å². The molecular formula is C16H28N4O4S. The van der Waals surface area contributed by atoms with Crippen LogP contribution >= 0.6 is 0 Å². The number of nitrogens with zero attached hydrogens (tertiary/aromatic N) is 4. The first-order valence-corrected chi connectivity index (χ1v) is 10.1. The third-order valence-corrected chi connectivity index (χ3v) is 6.60. The molecule has 0 atom stereocenters. The number of sulfonamides is 1. The lowest BCUT2D eigenvalue weighted by Gasteiger charge is -2.34. The Morgan fingerprint density at radius 1 is 1.24 bits per heavy atom. The summed E-state index contributed by atoms with van der Waals surface area (Å²) in [5, 5.41) is 3.73. The number of amides is 1. The van der Waals surface area contributed by atoms with E-state index in [0.29, 0.717) is 31.1 Å². The van der Waals surface area contributed by atoms with Crippen LogP contribution in [0, 0.1) is 13.8 Å². The minimum absolute atomic E-state index is 0.0491. The highest BCUT2D eigenvalue weighted by Crippen LogP contribution is 2.24. The van der Waals surface area contributed by atoms with Gasteiger partial charge in [-0.3, -0.25) is 9.69 Å². The Morgan fingerprint density at radius 3 is 2.40 bits per heavy atom. The van der Waals surface area contributed by atoms with Crippen LogP contribution in [0.25, 0.3) is 0 Å². The van der Waals surface area contributed by atoms with E-state index >= 15 is 0 Å². The number of unbranched alkanes of at least 4 members (excludes halogenated alkanes) is 1. The van der Waals surface area contributed by atoms with Gasteiger partial charge in [-0.1, -0.05) is 18.5 Å². The second-order valence-electron chi connectivity index (χ2n) is 6.53. The molecule has 0 aliphatic carbocycles. The van der Waals surface area contributed by atoms with Crippen molar-refractivity contribution in [1.29, 1.82) is 0 Å². The Morgan fingerprint density at radius 2 is 1.88 bits per heavy atom. The standard InChI is InChI=1S/C16H28N4O4S/c1-5-6-7-18(4)12-15(21)19-8-10-20(11-9-19)25(22,23)16-13(2)17-24-14(16)3/h5-12H2,1-4H3. The first-order valence-electron chi connectivity index (χ1n) is 8.66. The van der Waals surface area contributed by atoms with Crippen LogP contribution in [-0.4, -0.2) is 79.9 Å². The van der Waals surface area contributed by atoms with Gasteiger partial charge in [0.2, 0.25) is 15.9 Å². The van der Waals surface area contributed by atoms with Crippen molar-refractivity contribution in [2.24, 2.45) is 0 Å². The zero-order valence-electron chi connectivity index (χ0n) is 15.5. The van der Waals surface area contributed by atoms with Crippen LogP contribution in [0.5, 0.6) is 0 Å². The van der Waals surface area contributed by atoms with Gasteiger partial charge in [-0.15, -0.1) is 0 Å². The minimum atomic E-state index is -3.64. The number of piperazine rings is 1. The molecule has 1 aromatic heterocycles. The normalized spacial score (nSPS) is 16.6. The van der Waals surface area contributed by atoms with Crippen LogP contribution < -0.4 is 0 Å². The molecule has 2 rings (SSSR count). The van der Waals surface area contributed by atoms with Gasteiger partial charge in [0, 0.05) is 26.2 Å². The highest BCUT2D eigenvalue weighted by molar-refractivity contribution is 7.89. The van der Waals surface area contributed by atoms with E-state index in [1.165, 1.54) is 4.31 Å². The van der Waals surface area contributed by atoms with Gasteiger partial charge in [-0.05, 0) is 33.9 Å². The summed E-state index contributed by atoms with van der Waals surface area (Å²) in [6.07, 6.45) is 2.16. The molecule has 9 heteroatoms. The lowest BCUT2D eigenvalue weighted by Crippen LogP contribution is -2.52. The van der Waals surface area contributed by atoms with E-state index in [1.807, 2.05) is 11.9 Å². The minimum Gasteiger partial charge on any atom is -0.360 e. The van der Waals surface area contributed by atoms with Crippen LogP contribution in [0.15, 0.2) is 9.42 Å². The third-order valence-electron chi connectivity index (χ3n) is 4.46. The Labute approximate surface area is 149 Å². The number of rotatable bonds is 7. The molecule has 1 amide bonds. The highest BCUT2D eigenvalue weighted by Gasteiger charge is 2.34. The first kappa shape index (κ1) is 19.9. The molecule has 0 bridgehead atoms. The maximum absolute atomic E-state index is 12.8. The van der Waals surface area contributed by atoms with Gasteiger partial charge in [0.1, 0.15) is 10.6 Å². The SMILES string of the molecule is CCCCN(C)CC(=O)N1CCN(S(=O)(=O)c2c(C)noc2C)CC1. The predicted octanol–water partition coefficient (Wildman–Crippen LogP) is 0.856. The van der Waals surface area contributed by atoms with E-state index in [9.17, 15) is 13.2 Å². The monoisotopic (exact) mass is 372 g/mol. The molecule has 0 saturated carbocycles. The van der Waals surface area contributed by atoms with E-state index in [4.69, 9.17) is 4.52 Å². The van der Waals surface area contributed by atoms with Gasteiger partial charge in [-0.2, -0.15) is 4.31 Å². The van der Waals surface area contributed by atoms with Crippen molar-refractivity contribution in [1.82, 2.24) is 19.3 Å². The number of hydrogen-bond donors (Lipinski definition) is 0. The summed E-state index contributed by atoms with van der Waals surface area (Å²) >= 11 is 0. The number of aryl methyl sites for hydroxylation is 2. The van der Waals surface area contributed by atoms with Gasteiger partial charge in [-0.25, -0.2) is 8.42 Å². The topological polar surface area (TPSA) is 87.0 Å². The Kier molecular flexibility index (Phi) is 6.59. The van der Waals surface area contributed by atoms with Gasteiger partial charge in [0.15, 0.2) is 5.76 Å². The second-order valence-corrected chi connectivity index (χ2v) is 8.40.